The van der Waals surface area contributed by atoms with Crippen molar-refractivity contribution in [2.24, 2.45) is 0 Å². The number of hydrogen-bond donors (Lipinski definition) is 0. The molecule has 0 radical (unpaired) electrons. The van der Waals surface area contributed by atoms with Crippen molar-refractivity contribution < 1.29 is 12.9 Å². The van der Waals surface area contributed by atoms with E-state index in [1.807, 2.05) is 24.3 Å². The van der Waals surface area contributed by atoms with Crippen molar-refractivity contribution in [2.45, 2.75) is 61.9 Å². The lowest BCUT2D eigenvalue weighted by atomic mass is 9.92. The number of benzene rings is 1. The molecule has 2 bridgehead atoms. The molecule has 2 aliphatic heterocycles. The number of aryl methyl sites for hydroxylation is 1. The summed E-state index contributed by atoms with van der Waals surface area (Å²) in [4.78, 5) is 8.99. The second-order valence-corrected chi connectivity index (χ2v) is 9.92. The second-order valence-electron chi connectivity index (χ2n) is 8.08. The van der Waals surface area contributed by atoms with Gasteiger partial charge in [0.15, 0.2) is 0 Å². The zero-order chi connectivity index (χ0) is 20.7. The van der Waals surface area contributed by atoms with Crippen molar-refractivity contribution in [1.82, 2.24) is 19.4 Å². The fourth-order valence-corrected chi connectivity index (χ4v) is 6.66. The largest absolute Gasteiger partial charge is 0.339 e. The Morgan fingerprint density at radius 1 is 1.03 bits per heavy atom. The lowest BCUT2D eigenvalue weighted by Gasteiger charge is -2.36. The van der Waals surface area contributed by atoms with Gasteiger partial charge in [-0.3, -0.25) is 4.98 Å². The van der Waals surface area contributed by atoms with Gasteiger partial charge in [-0.1, -0.05) is 24.2 Å². The van der Waals surface area contributed by atoms with Gasteiger partial charge in [-0.25, -0.2) is 8.42 Å². The molecular formula is C22H24N4O3S. The minimum atomic E-state index is -3.51. The maximum Gasteiger partial charge on any atom is 0.243 e. The molecule has 1 aromatic carbocycles. The van der Waals surface area contributed by atoms with Crippen molar-refractivity contribution in [2.75, 3.05) is 0 Å². The predicted molar refractivity (Wildman–Crippen MR) is 111 cm³/mol. The van der Waals surface area contributed by atoms with Crippen LogP contribution in [0, 0.1) is 0 Å². The van der Waals surface area contributed by atoms with Gasteiger partial charge in [0.05, 0.1) is 4.90 Å². The third-order valence-electron chi connectivity index (χ3n) is 6.30. The Morgan fingerprint density at radius 2 is 1.70 bits per heavy atom. The van der Waals surface area contributed by atoms with Crippen LogP contribution in [0.15, 0.2) is 58.2 Å². The van der Waals surface area contributed by atoms with Gasteiger partial charge in [-0.05, 0) is 61.9 Å². The first-order valence-corrected chi connectivity index (χ1v) is 11.9. The van der Waals surface area contributed by atoms with Crippen molar-refractivity contribution in [3.05, 3.63) is 60.2 Å². The highest BCUT2D eigenvalue weighted by molar-refractivity contribution is 7.89. The highest BCUT2D eigenvalue weighted by atomic mass is 32.2. The van der Waals surface area contributed by atoms with Crippen LogP contribution >= 0.6 is 0 Å². The van der Waals surface area contributed by atoms with Crippen molar-refractivity contribution in [3.8, 4) is 11.4 Å². The van der Waals surface area contributed by atoms with Crippen LogP contribution in [0.25, 0.3) is 11.4 Å². The summed E-state index contributed by atoms with van der Waals surface area (Å²) in [6, 6.07) is 10.9. The van der Waals surface area contributed by atoms with Gasteiger partial charge < -0.3 is 4.52 Å². The van der Waals surface area contributed by atoms with Gasteiger partial charge >= 0.3 is 0 Å². The monoisotopic (exact) mass is 424 g/mol. The van der Waals surface area contributed by atoms with Gasteiger partial charge in [0.2, 0.25) is 21.7 Å². The molecule has 1 unspecified atom stereocenters. The highest BCUT2D eigenvalue weighted by Gasteiger charge is 2.48. The van der Waals surface area contributed by atoms with Crippen LogP contribution in [0.2, 0.25) is 0 Å². The molecule has 2 aliphatic rings. The molecule has 0 amide bonds. The molecule has 2 saturated heterocycles. The normalized spacial score (nSPS) is 24.2. The molecule has 2 aromatic heterocycles. The minimum Gasteiger partial charge on any atom is -0.339 e. The second kappa shape index (κ2) is 7.59. The van der Waals surface area contributed by atoms with Crippen LogP contribution in [-0.4, -0.2) is 39.9 Å². The van der Waals surface area contributed by atoms with E-state index >= 15 is 0 Å². The maximum absolute atomic E-state index is 13.3. The fraction of sp³-hybridized carbons (Fsp3) is 0.409. The van der Waals surface area contributed by atoms with Crippen LogP contribution in [0.3, 0.4) is 0 Å². The smallest absolute Gasteiger partial charge is 0.243 e. The topological polar surface area (TPSA) is 89.2 Å². The van der Waals surface area contributed by atoms with Gasteiger partial charge in [-0.2, -0.15) is 9.29 Å². The number of hydrogen-bond acceptors (Lipinski definition) is 6. The molecule has 0 saturated carbocycles. The van der Waals surface area contributed by atoms with E-state index in [0.29, 0.717) is 29.5 Å². The number of rotatable bonds is 5. The van der Waals surface area contributed by atoms with Crippen molar-refractivity contribution >= 4 is 10.0 Å². The Kier molecular flexibility index (Phi) is 4.91. The van der Waals surface area contributed by atoms with Crippen LogP contribution in [-0.2, 0) is 16.4 Å². The fourth-order valence-electron chi connectivity index (χ4n) is 4.77. The van der Waals surface area contributed by atoms with E-state index in [1.165, 1.54) is 0 Å². The lowest BCUT2D eigenvalue weighted by molar-refractivity contribution is 0.202. The number of nitrogens with zero attached hydrogens (tertiary/aromatic N) is 4. The number of pyridine rings is 1. The predicted octanol–water partition coefficient (Wildman–Crippen LogP) is 3.79. The molecule has 0 N–H and O–H groups in total. The van der Waals surface area contributed by atoms with E-state index in [2.05, 4.69) is 22.0 Å². The summed E-state index contributed by atoms with van der Waals surface area (Å²) in [6.45, 7) is 2.06. The third kappa shape index (κ3) is 3.33. The zero-order valence-corrected chi connectivity index (χ0v) is 17.6. The molecule has 156 valence electrons. The SMILES string of the molecule is CCc1ccc(S(=O)(=O)N2[C@@H]3CC[C@H]2CC(c2nc(-c4ccncc4)no2)C3)cc1. The first-order valence-electron chi connectivity index (χ1n) is 10.4. The Hall–Kier alpha value is -2.58. The van der Waals surface area contributed by atoms with Gasteiger partial charge in [-0.15, -0.1) is 0 Å². The zero-order valence-electron chi connectivity index (χ0n) is 16.8. The van der Waals surface area contributed by atoms with Crippen LogP contribution in [0.4, 0.5) is 0 Å². The summed E-state index contributed by atoms with van der Waals surface area (Å²) >= 11 is 0. The van der Waals surface area contributed by atoms with E-state index < -0.39 is 10.0 Å². The Bertz CT molecular complexity index is 1110. The maximum atomic E-state index is 13.3. The van der Waals surface area contributed by atoms with E-state index in [1.54, 1.807) is 28.8 Å². The Morgan fingerprint density at radius 3 is 2.33 bits per heavy atom. The summed E-state index contributed by atoms with van der Waals surface area (Å²) in [6.07, 6.45) is 7.45. The van der Waals surface area contributed by atoms with E-state index in [9.17, 15) is 8.42 Å². The van der Waals surface area contributed by atoms with Crippen LogP contribution in [0.5, 0.6) is 0 Å². The van der Waals surface area contributed by atoms with Crippen LogP contribution in [0.1, 0.15) is 50.0 Å². The molecule has 4 heterocycles. The van der Waals surface area contributed by atoms with Gasteiger partial charge in [0, 0.05) is 36.0 Å². The third-order valence-corrected chi connectivity index (χ3v) is 8.32. The molecule has 2 fully saturated rings. The minimum absolute atomic E-state index is 0.0270. The van der Waals surface area contributed by atoms with E-state index in [-0.39, 0.29) is 18.0 Å². The summed E-state index contributed by atoms with van der Waals surface area (Å²) in [5.41, 5.74) is 2.00. The summed E-state index contributed by atoms with van der Waals surface area (Å²) in [5.74, 6) is 1.23. The van der Waals surface area contributed by atoms with Crippen molar-refractivity contribution in [3.63, 3.8) is 0 Å². The highest BCUT2D eigenvalue weighted by Crippen LogP contribution is 2.45. The number of sulfonamides is 1. The Balaban J connectivity index is 1.37. The van der Waals surface area contributed by atoms with Crippen molar-refractivity contribution in [1.29, 1.82) is 0 Å². The Labute approximate surface area is 176 Å². The molecule has 3 atom stereocenters. The lowest BCUT2D eigenvalue weighted by Crippen LogP contribution is -2.45. The van der Waals surface area contributed by atoms with E-state index in [4.69, 9.17) is 4.52 Å². The molecule has 5 rings (SSSR count). The number of aromatic nitrogens is 3. The average molecular weight is 425 g/mol. The molecular weight excluding hydrogens is 400 g/mol. The number of piperidine rings is 1. The summed E-state index contributed by atoms with van der Waals surface area (Å²) in [7, 11) is -3.51. The standard InChI is InChI=1S/C22H24N4O3S/c1-2-15-3-7-20(8-4-15)30(27,28)26-18-5-6-19(26)14-17(13-18)22-24-21(25-29-22)16-9-11-23-12-10-16/h3-4,7-12,17-19H,2,5-6,13-14H2,1H3/t17?,18-,19+. The van der Waals surface area contributed by atoms with Crippen LogP contribution < -0.4 is 0 Å². The van der Waals surface area contributed by atoms with Gasteiger partial charge in [0.25, 0.3) is 0 Å². The molecule has 0 spiro atoms. The average Bonchev–Trinajstić information content (AvgIpc) is 3.38. The van der Waals surface area contributed by atoms with Gasteiger partial charge in [0.1, 0.15) is 0 Å². The molecule has 3 aromatic rings. The molecule has 0 aliphatic carbocycles. The molecule has 7 nitrogen and oxygen atoms in total. The number of fused-ring (bicyclic) bond motifs is 2. The quantitative estimate of drug-likeness (QED) is 0.619. The van der Waals surface area contributed by atoms with E-state index in [0.717, 1.165) is 30.4 Å². The molecule has 8 heteroatoms. The first-order chi connectivity index (χ1) is 14.6. The first kappa shape index (κ1) is 19.4. The molecule has 30 heavy (non-hydrogen) atoms. The summed E-state index contributed by atoms with van der Waals surface area (Å²) in [5, 5.41) is 4.12. The summed E-state index contributed by atoms with van der Waals surface area (Å²) < 4.78 is 34.0.